The Morgan fingerprint density at radius 2 is 2.00 bits per heavy atom. The maximum Gasteiger partial charge on any atom is 0.263 e. The van der Waals surface area contributed by atoms with Gasteiger partial charge in [-0.15, -0.1) is 0 Å². The lowest BCUT2D eigenvalue weighted by atomic mass is 10.1. The van der Waals surface area contributed by atoms with Gasteiger partial charge in [-0.3, -0.25) is 9.59 Å². The molecule has 1 amide bonds. The first-order chi connectivity index (χ1) is 9.99. The van der Waals surface area contributed by atoms with E-state index in [-0.39, 0.29) is 11.7 Å². The summed E-state index contributed by atoms with van der Waals surface area (Å²) in [5.41, 5.74) is 0.379. The highest BCUT2D eigenvalue weighted by atomic mass is 35.5. The van der Waals surface area contributed by atoms with Gasteiger partial charge in [0.1, 0.15) is 5.75 Å². The molecule has 1 unspecified atom stereocenters. The van der Waals surface area contributed by atoms with Gasteiger partial charge in [-0.25, -0.2) is 0 Å². The molecule has 1 aromatic rings. The van der Waals surface area contributed by atoms with E-state index in [2.05, 4.69) is 0 Å². The van der Waals surface area contributed by atoms with E-state index in [4.69, 9.17) is 21.1 Å². The molecule has 1 heterocycles. The summed E-state index contributed by atoms with van der Waals surface area (Å²) in [7, 11) is 0. The molecule has 0 aliphatic carbocycles. The van der Waals surface area contributed by atoms with Crippen LogP contribution in [0.4, 0.5) is 0 Å². The molecule has 1 fully saturated rings. The Labute approximate surface area is 128 Å². The van der Waals surface area contributed by atoms with Crippen LogP contribution in [0, 0.1) is 0 Å². The number of morpholine rings is 1. The van der Waals surface area contributed by atoms with E-state index in [1.807, 2.05) is 0 Å². The molecule has 0 aromatic heterocycles. The molecule has 1 aliphatic heterocycles. The summed E-state index contributed by atoms with van der Waals surface area (Å²) in [5, 5.41) is 0.458. The first kappa shape index (κ1) is 15.8. The van der Waals surface area contributed by atoms with Crippen LogP contribution in [0.5, 0.6) is 5.75 Å². The Bertz CT molecular complexity index is 540. The van der Waals surface area contributed by atoms with Gasteiger partial charge < -0.3 is 14.4 Å². The van der Waals surface area contributed by atoms with Gasteiger partial charge in [0.15, 0.2) is 11.9 Å². The quantitative estimate of drug-likeness (QED) is 0.800. The average molecular weight is 312 g/mol. The van der Waals surface area contributed by atoms with Gasteiger partial charge in [0.25, 0.3) is 5.91 Å². The van der Waals surface area contributed by atoms with Crippen LogP contribution >= 0.6 is 11.6 Å². The van der Waals surface area contributed by atoms with E-state index in [1.54, 1.807) is 30.0 Å². The molecular weight excluding hydrogens is 294 g/mol. The first-order valence-corrected chi connectivity index (χ1v) is 7.20. The minimum atomic E-state index is -0.664. The molecule has 1 aromatic carbocycles. The number of ketones is 1. The number of halogens is 1. The summed E-state index contributed by atoms with van der Waals surface area (Å²) in [6, 6.07) is 4.79. The Morgan fingerprint density at radius 3 is 2.62 bits per heavy atom. The highest BCUT2D eigenvalue weighted by Gasteiger charge is 2.24. The number of amides is 1. The van der Waals surface area contributed by atoms with Gasteiger partial charge >= 0.3 is 0 Å². The summed E-state index contributed by atoms with van der Waals surface area (Å²) in [6.45, 7) is 5.32. The van der Waals surface area contributed by atoms with E-state index in [0.29, 0.717) is 42.6 Å². The zero-order chi connectivity index (χ0) is 15.4. The number of rotatable bonds is 4. The highest BCUT2D eigenvalue weighted by Crippen LogP contribution is 2.24. The summed E-state index contributed by atoms with van der Waals surface area (Å²) in [6.07, 6.45) is -0.664. The SMILES string of the molecule is CC(=O)c1cc(Cl)ccc1OC(C)C(=O)N1CCOCC1. The van der Waals surface area contributed by atoms with Crippen LogP contribution in [-0.4, -0.2) is 49.0 Å². The third-order valence-corrected chi connectivity index (χ3v) is 3.53. The summed E-state index contributed by atoms with van der Waals surface area (Å²) < 4.78 is 10.9. The topological polar surface area (TPSA) is 55.8 Å². The zero-order valence-electron chi connectivity index (χ0n) is 12.1. The van der Waals surface area contributed by atoms with Crippen molar-refractivity contribution >= 4 is 23.3 Å². The van der Waals surface area contributed by atoms with Crippen molar-refractivity contribution in [3.05, 3.63) is 28.8 Å². The summed E-state index contributed by atoms with van der Waals surface area (Å²) in [5.74, 6) is 0.113. The van der Waals surface area contributed by atoms with Crippen molar-refractivity contribution in [1.29, 1.82) is 0 Å². The van der Waals surface area contributed by atoms with Crippen molar-refractivity contribution in [3.63, 3.8) is 0 Å². The molecule has 2 rings (SSSR count). The molecular formula is C15H18ClNO4. The van der Waals surface area contributed by atoms with Gasteiger partial charge in [0, 0.05) is 18.1 Å². The molecule has 21 heavy (non-hydrogen) atoms. The number of carbonyl (C=O) groups is 2. The predicted octanol–water partition coefficient (Wildman–Crippen LogP) is 2.17. The second-order valence-corrected chi connectivity index (χ2v) is 5.33. The molecule has 0 radical (unpaired) electrons. The lowest BCUT2D eigenvalue weighted by Gasteiger charge is -2.29. The zero-order valence-corrected chi connectivity index (χ0v) is 12.9. The number of benzene rings is 1. The predicted molar refractivity (Wildman–Crippen MR) is 78.9 cm³/mol. The third-order valence-electron chi connectivity index (χ3n) is 3.30. The van der Waals surface area contributed by atoms with Crippen molar-refractivity contribution in [2.45, 2.75) is 20.0 Å². The molecule has 1 saturated heterocycles. The second kappa shape index (κ2) is 6.91. The van der Waals surface area contributed by atoms with Crippen molar-refractivity contribution in [1.82, 2.24) is 4.90 Å². The molecule has 114 valence electrons. The van der Waals surface area contributed by atoms with Crippen molar-refractivity contribution in [3.8, 4) is 5.75 Å². The smallest absolute Gasteiger partial charge is 0.263 e. The van der Waals surface area contributed by atoms with Crippen molar-refractivity contribution in [2.75, 3.05) is 26.3 Å². The molecule has 1 atom stereocenters. The molecule has 0 saturated carbocycles. The van der Waals surface area contributed by atoms with E-state index in [9.17, 15) is 9.59 Å². The van der Waals surface area contributed by atoms with E-state index >= 15 is 0 Å². The maximum absolute atomic E-state index is 12.3. The van der Waals surface area contributed by atoms with Crippen molar-refractivity contribution in [2.24, 2.45) is 0 Å². The number of hydrogen-bond acceptors (Lipinski definition) is 4. The Balaban J connectivity index is 2.10. The fraction of sp³-hybridized carbons (Fsp3) is 0.467. The molecule has 0 N–H and O–H groups in total. The Hall–Kier alpha value is -1.59. The van der Waals surface area contributed by atoms with Gasteiger partial charge in [-0.2, -0.15) is 0 Å². The van der Waals surface area contributed by atoms with Gasteiger partial charge in [0.2, 0.25) is 0 Å². The van der Waals surface area contributed by atoms with Gasteiger partial charge in [0.05, 0.1) is 18.8 Å². The summed E-state index contributed by atoms with van der Waals surface area (Å²) in [4.78, 5) is 25.6. The Morgan fingerprint density at radius 1 is 1.33 bits per heavy atom. The normalized spacial score (nSPS) is 16.4. The number of hydrogen-bond donors (Lipinski definition) is 0. The van der Waals surface area contributed by atoms with Crippen LogP contribution in [0.2, 0.25) is 5.02 Å². The van der Waals surface area contributed by atoms with E-state index in [1.165, 1.54) is 6.92 Å². The Kier molecular flexibility index (Phi) is 5.20. The number of Topliss-reactive ketones (excluding diaryl/α,β-unsaturated/α-hetero) is 1. The maximum atomic E-state index is 12.3. The molecule has 1 aliphatic rings. The number of nitrogens with zero attached hydrogens (tertiary/aromatic N) is 1. The molecule has 0 spiro atoms. The van der Waals surface area contributed by atoms with E-state index < -0.39 is 6.10 Å². The number of carbonyl (C=O) groups excluding carboxylic acids is 2. The fourth-order valence-corrected chi connectivity index (χ4v) is 2.33. The van der Waals surface area contributed by atoms with Crippen LogP contribution in [0.1, 0.15) is 24.2 Å². The standard InChI is InChI=1S/C15H18ClNO4/c1-10(18)13-9-12(16)3-4-14(13)21-11(2)15(19)17-5-7-20-8-6-17/h3-4,9,11H,5-8H2,1-2H3. The van der Waals surface area contributed by atoms with Crippen LogP contribution in [-0.2, 0) is 9.53 Å². The van der Waals surface area contributed by atoms with Crippen LogP contribution in [0.3, 0.4) is 0 Å². The monoisotopic (exact) mass is 311 g/mol. The second-order valence-electron chi connectivity index (χ2n) is 4.89. The van der Waals surface area contributed by atoms with Crippen molar-refractivity contribution < 1.29 is 19.1 Å². The third kappa shape index (κ3) is 3.95. The number of ether oxygens (including phenoxy) is 2. The minimum Gasteiger partial charge on any atom is -0.480 e. The fourth-order valence-electron chi connectivity index (χ4n) is 2.16. The molecule has 0 bridgehead atoms. The first-order valence-electron chi connectivity index (χ1n) is 6.82. The minimum absolute atomic E-state index is 0.109. The van der Waals surface area contributed by atoms with Crippen LogP contribution in [0.15, 0.2) is 18.2 Å². The van der Waals surface area contributed by atoms with Crippen LogP contribution in [0.25, 0.3) is 0 Å². The van der Waals surface area contributed by atoms with Gasteiger partial charge in [-0.05, 0) is 32.0 Å². The summed E-state index contributed by atoms with van der Waals surface area (Å²) >= 11 is 5.88. The van der Waals surface area contributed by atoms with E-state index in [0.717, 1.165) is 0 Å². The average Bonchev–Trinajstić information content (AvgIpc) is 2.49. The van der Waals surface area contributed by atoms with Gasteiger partial charge in [-0.1, -0.05) is 11.6 Å². The highest BCUT2D eigenvalue weighted by molar-refractivity contribution is 6.31. The van der Waals surface area contributed by atoms with Crippen LogP contribution < -0.4 is 4.74 Å². The molecule has 5 nitrogen and oxygen atoms in total. The largest absolute Gasteiger partial charge is 0.480 e. The lowest BCUT2D eigenvalue weighted by Crippen LogP contribution is -2.46. The molecule has 6 heteroatoms. The lowest BCUT2D eigenvalue weighted by molar-refractivity contribution is -0.142.